The number of rotatable bonds is 2. The first-order chi connectivity index (χ1) is 6.19. The van der Waals surface area contributed by atoms with Crippen LogP contribution in [0.2, 0.25) is 0 Å². The zero-order chi connectivity index (χ0) is 9.84. The predicted octanol–water partition coefficient (Wildman–Crippen LogP) is 0.807. The first-order valence-corrected chi connectivity index (χ1v) is 4.09. The predicted molar refractivity (Wildman–Crippen MR) is 44.9 cm³/mol. The number of aliphatic hydroxyl groups excluding tert-OH is 1. The van der Waals surface area contributed by atoms with Gasteiger partial charge in [-0.05, 0) is 12.5 Å². The van der Waals surface area contributed by atoms with Crippen LogP contribution in [0.15, 0.2) is 5.11 Å². The molecule has 1 heterocycles. The van der Waals surface area contributed by atoms with Gasteiger partial charge in [0.2, 0.25) is 0 Å². The molecule has 0 aromatic rings. The van der Waals surface area contributed by atoms with Gasteiger partial charge in [0.1, 0.15) is 0 Å². The van der Waals surface area contributed by atoms with Crippen molar-refractivity contribution >= 4 is 0 Å². The summed E-state index contributed by atoms with van der Waals surface area (Å²) in [5, 5.41) is 13.0. The van der Waals surface area contributed by atoms with Gasteiger partial charge < -0.3 is 14.6 Å². The van der Waals surface area contributed by atoms with Crippen LogP contribution in [0.1, 0.15) is 13.3 Å². The number of methoxy groups -OCH3 is 1. The molecule has 0 aliphatic carbocycles. The fourth-order valence-electron chi connectivity index (χ4n) is 1.41. The Kier molecular flexibility index (Phi) is 3.50. The lowest BCUT2D eigenvalue weighted by Crippen LogP contribution is -2.46. The van der Waals surface area contributed by atoms with Gasteiger partial charge in [-0.1, -0.05) is 5.11 Å². The van der Waals surface area contributed by atoms with Crippen LogP contribution >= 0.6 is 0 Å². The average Bonchev–Trinajstić information content (AvgIpc) is 2.11. The van der Waals surface area contributed by atoms with Crippen LogP contribution in [0, 0.1) is 0 Å². The van der Waals surface area contributed by atoms with Crippen LogP contribution in [0.25, 0.3) is 10.4 Å². The molecule has 0 aromatic heterocycles. The summed E-state index contributed by atoms with van der Waals surface area (Å²) in [6, 6.07) is -0.517. The Morgan fingerprint density at radius 2 is 2.38 bits per heavy atom. The van der Waals surface area contributed by atoms with Gasteiger partial charge in [0.05, 0.1) is 18.2 Å². The second-order valence-corrected chi connectivity index (χ2v) is 3.01. The van der Waals surface area contributed by atoms with E-state index in [1.807, 2.05) is 0 Å². The minimum Gasteiger partial charge on any atom is -0.392 e. The molecular formula is C7H13N3O3. The molecule has 1 rings (SSSR count). The van der Waals surface area contributed by atoms with Gasteiger partial charge in [-0.25, -0.2) is 0 Å². The normalized spacial score (nSPS) is 39.6. The molecule has 6 heteroatoms. The van der Waals surface area contributed by atoms with Crippen LogP contribution in [-0.2, 0) is 9.47 Å². The van der Waals surface area contributed by atoms with Crippen molar-refractivity contribution in [2.45, 2.75) is 37.9 Å². The summed E-state index contributed by atoms with van der Waals surface area (Å²) in [4.78, 5) is 2.66. The number of azide groups is 1. The maximum atomic E-state index is 9.55. The summed E-state index contributed by atoms with van der Waals surface area (Å²) >= 11 is 0. The number of ether oxygens (including phenoxy) is 2. The van der Waals surface area contributed by atoms with Gasteiger partial charge in [0.15, 0.2) is 6.29 Å². The van der Waals surface area contributed by atoms with E-state index in [9.17, 15) is 5.11 Å². The fraction of sp³-hybridized carbons (Fsp3) is 1.00. The van der Waals surface area contributed by atoms with Crippen LogP contribution in [-0.4, -0.2) is 36.8 Å². The second-order valence-electron chi connectivity index (χ2n) is 3.01. The van der Waals surface area contributed by atoms with E-state index in [1.54, 1.807) is 6.92 Å². The summed E-state index contributed by atoms with van der Waals surface area (Å²) in [6.45, 7) is 1.74. The molecular weight excluding hydrogens is 174 g/mol. The molecule has 13 heavy (non-hydrogen) atoms. The van der Waals surface area contributed by atoms with Crippen molar-refractivity contribution in [3.05, 3.63) is 10.4 Å². The largest absolute Gasteiger partial charge is 0.392 e. The molecule has 1 aliphatic rings. The highest BCUT2D eigenvalue weighted by Crippen LogP contribution is 2.22. The van der Waals surface area contributed by atoms with Gasteiger partial charge in [0, 0.05) is 18.4 Å². The topological polar surface area (TPSA) is 87.5 Å². The zero-order valence-corrected chi connectivity index (χ0v) is 7.62. The highest BCUT2D eigenvalue weighted by molar-refractivity contribution is 4.86. The molecule has 6 nitrogen and oxygen atoms in total. The second kappa shape index (κ2) is 4.43. The highest BCUT2D eigenvalue weighted by atomic mass is 16.7. The van der Waals surface area contributed by atoms with E-state index in [4.69, 9.17) is 15.0 Å². The third-order valence-corrected chi connectivity index (χ3v) is 2.12. The SMILES string of the molecule is CO[C@H]1C[C@H](O)[C@H](N=[N+]=[N-])[C@H](C)O1. The van der Waals surface area contributed by atoms with E-state index in [1.165, 1.54) is 7.11 Å². The van der Waals surface area contributed by atoms with Crippen LogP contribution in [0.4, 0.5) is 0 Å². The first-order valence-electron chi connectivity index (χ1n) is 4.09. The maximum absolute atomic E-state index is 9.55. The van der Waals surface area contributed by atoms with Crippen LogP contribution in [0.5, 0.6) is 0 Å². The average molecular weight is 187 g/mol. The minimum atomic E-state index is -0.690. The zero-order valence-electron chi connectivity index (χ0n) is 7.62. The summed E-state index contributed by atoms with van der Waals surface area (Å²) in [6.07, 6.45) is -1.07. The highest BCUT2D eigenvalue weighted by Gasteiger charge is 2.34. The third-order valence-electron chi connectivity index (χ3n) is 2.12. The molecule has 4 atom stereocenters. The van der Waals surface area contributed by atoms with E-state index < -0.39 is 18.4 Å². The molecule has 1 N–H and O–H groups in total. The number of nitrogens with zero attached hydrogens (tertiary/aromatic N) is 3. The minimum absolute atomic E-state index is 0.315. The first kappa shape index (κ1) is 10.3. The summed E-state index contributed by atoms with van der Waals surface area (Å²) in [7, 11) is 1.51. The van der Waals surface area contributed by atoms with Crippen molar-refractivity contribution in [2.24, 2.45) is 5.11 Å². The van der Waals surface area contributed by atoms with E-state index in [0.29, 0.717) is 6.42 Å². The Balaban J connectivity index is 2.63. The van der Waals surface area contributed by atoms with E-state index >= 15 is 0 Å². The number of aliphatic hydroxyl groups is 1. The molecule has 0 amide bonds. The van der Waals surface area contributed by atoms with Gasteiger partial charge in [-0.15, -0.1) is 0 Å². The van der Waals surface area contributed by atoms with Crippen molar-refractivity contribution in [3.63, 3.8) is 0 Å². The summed E-state index contributed by atoms with van der Waals surface area (Å²) in [5.41, 5.74) is 8.24. The van der Waals surface area contributed by atoms with Crippen molar-refractivity contribution < 1.29 is 14.6 Å². The summed E-state index contributed by atoms with van der Waals surface area (Å²) in [5.74, 6) is 0. The molecule has 74 valence electrons. The lowest BCUT2D eigenvalue weighted by atomic mass is 10.0. The lowest BCUT2D eigenvalue weighted by molar-refractivity contribution is -0.205. The maximum Gasteiger partial charge on any atom is 0.160 e. The molecule has 0 spiro atoms. The van der Waals surface area contributed by atoms with Crippen molar-refractivity contribution in [3.8, 4) is 0 Å². The quantitative estimate of drug-likeness (QED) is 0.394. The number of hydrogen-bond donors (Lipinski definition) is 1. The fourth-order valence-corrected chi connectivity index (χ4v) is 1.41. The van der Waals surface area contributed by atoms with Gasteiger partial charge in [-0.3, -0.25) is 0 Å². The molecule has 0 saturated carbocycles. The van der Waals surface area contributed by atoms with Crippen molar-refractivity contribution in [1.29, 1.82) is 0 Å². The Hall–Kier alpha value is -0.810. The van der Waals surface area contributed by atoms with Crippen LogP contribution in [0.3, 0.4) is 0 Å². The Labute approximate surface area is 76.1 Å². The van der Waals surface area contributed by atoms with Gasteiger partial charge in [-0.2, -0.15) is 0 Å². The van der Waals surface area contributed by atoms with E-state index in [2.05, 4.69) is 10.0 Å². The summed E-state index contributed by atoms with van der Waals surface area (Å²) < 4.78 is 10.3. The monoisotopic (exact) mass is 187 g/mol. The van der Waals surface area contributed by atoms with Crippen LogP contribution < -0.4 is 0 Å². The smallest absolute Gasteiger partial charge is 0.160 e. The molecule has 0 bridgehead atoms. The van der Waals surface area contributed by atoms with Gasteiger partial charge >= 0.3 is 0 Å². The lowest BCUT2D eigenvalue weighted by Gasteiger charge is -2.34. The molecule has 0 aromatic carbocycles. The molecule has 1 fully saturated rings. The molecule has 0 unspecified atom stereocenters. The Morgan fingerprint density at radius 1 is 1.69 bits per heavy atom. The third kappa shape index (κ3) is 2.32. The van der Waals surface area contributed by atoms with E-state index in [0.717, 1.165) is 0 Å². The molecule has 1 aliphatic heterocycles. The standard InChI is InChI=1S/C7H13N3O3/c1-4-7(9-10-8)5(11)3-6(12-2)13-4/h4-7,11H,3H2,1-2H3/t4-,5-,6+,7+/m0/s1. The van der Waals surface area contributed by atoms with Crippen molar-refractivity contribution in [1.82, 2.24) is 0 Å². The Morgan fingerprint density at radius 3 is 2.85 bits per heavy atom. The van der Waals surface area contributed by atoms with E-state index in [-0.39, 0.29) is 6.10 Å². The van der Waals surface area contributed by atoms with Gasteiger partial charge in [0.25, 0.3) is 0 Å². The van der Waals surface area contributed by atoms with Crippen molar-refractivity contribution in [2.75, 3.05) is 7.11 Å². The Bertz CT molecular complexity index is 205. The number of hydrogen-bond acceptors (Lipinski definition) is 4. The molecule has 0 radical (unpaired) electrons. The molecule has 1 saturated heterocycles.